The van der Waals surface area contributed by atoms with Gasteiger partial charge in [0.25, 0.3) is 0 Å². The zero-order valence-electron chi connectivity index (χ0n) is 8.16. The van der Waals surface area contributed by atoms with E-state index < -0.39 is 6.04 Å². The van der Waals surface area contributed by atoms with Crippen LogP contribution in [0.1, 0.15) is 20.3 Å². The number of nitrogens with two attached hydrogens (primary N) is 1. The number of rotatable bonds is 5. The Balaban J connectivity index is 0. The minimum atomic E-state index is -0.505. The van der Waals surface area contributed by atoms with E-state index in [1.165, 1.54) is 6.08 Å². The smallest absolute Gasteiger partial charge is 0.323 e. The summed E-state index contributed by atoms with van der Waals surface area (Å²) in [5.74, 6) is -0.174. The molecule has 3 nitrogen and oxygen atoms in total. The first-order valence-corrected chi connectivity index (χ1v) is 4.16. The predicted octanol–water partition coefficient (Wildman–Crippen LogP) is 1.51. The van der Waals surface area contributed by atoms with E-state index in [9.17, 15) is 4.79 Å². The molecule has 0 unspecified atom stereocenters. The van der Waals surface area contributed by atoms with Crippen molar-refractivity contribution >= 4 is 18.4 Å². The fraction of sp³-hybridized carbons (Fsp3) is 0.667. The van der Waals surface area contributed by atoms with Gasteiger partial charge in [0.2, 0.25) is 0 Å². The summed E-state index contributed by atoms with van der Waals surface area (Å²) in [7, 11) is 0. The second kappa shape index (κ2) is 8.08. The Morgan fingerprint density at radius 1 is 1.69 bits per heavy atom. The minimum absolute atomic E-state index is 0. The van der Waals surface area contributed by atoms with E-state index in [2.05, 4.69) is 6.58 Å². The quantitative estimate of drug-likeness (QED) is 0.549. The van der Waals surface area contributed by atoms with Crippen LogP contribution in [0, 0.1) is 5.92 Å². The largest absolute Gasteiger partial charge is 0.460 e. The summed E-state index contributed by atoms with van der Waals surface area (Å²) in [5, 5.41) is 0. The number of ether oxygens (including phenoxy) is 1. The van der Waals surface area contributed by atoms with Crippen molar-refractivity contribution in [3.8, 4) is 0 Å². The van der Waals surface area contributed by atoms with Crippen molar-refractivity contribution in [2.75, 3.05) is 6.61 Å². The van der Waals surface area contributed by atoms with Gasteiger partial charge in [0.15, 0.2) is 0 Å². The molecule has 4 heteroatoms. The summed E-state index contributed by atoms with van der Waals surface area (Å²) in [4.78, 5) is 11.1. The highest BCUT2D eigenvalue weighted by Gasteiger charge is 2.19. The molecule has 0 aromatic carbocycles. The van der Waals surface area contributed by atoms with Crippen LogP contribution in [-0.4, -0.2) is 18.6 Å². The molecule has 2 atom stereocenters. The Kier molecular flexibility index (Phi) is 9.29. The number of esters is 1. The molecule has 0 rings (SSSR count). The van der Waals surface area contributed by atoms with Gasteiger partial charge in [-0.05, 0) is 5.92 Å². The second-order valence-electron chi connectivity index (χ2n) is 2.83. The number of carbonyl (C=O) groups excluding carboxylic acids is 1. The predicted molar refractivity (Wildman–Crippen MR) is 55.8 cm³/mol. The molecule has 0 radical (unpaired) electrons. The van der Waals surface area contributed by atoms with E-state index in [0.717, 1.165) is 6.42 Å². The van der Waals surface area contributed by atoms with Gasteiger partial charge in [0.05, 0.1) is 0 Å². The molecule has 0 saturated carbocycles. The summed E-state index contributed by atoms with van der Waals surface area (Å²) in [6, 6.07) is -0.505. The third-order valence-corrected chi connectivity index (χ3v) is 1.87. The molecular formula is C9H18ClNO2. The van der Waals surface area contributed by atoms with Crippen LogP contribution in [0.5, 0.6) is 0 Å². The van der Waals surface area contributed by atoms with E-state index in [1.807, 2.05) is 13.8 Å². The molecule has 0 amide bonds. The van der Waals surface area contributed by atoms with Crippen molar-refractivity contribution in [2.24, 2.45) is 11.7 Å². The first-order chi connectivity index (χ1) is 5.63. The van der Waals surface area contributed by atoms with Crippen LogP contribution in [0.4, 0.5) is 0 Å². The fourth-order valence-electron chi connectivity index (χ4n) is 0.724. The van der Waals surface area contributed by atoms with Crippen LogP contribution >= 0.6 is 12.4 Å². The summed E-state index contributed by atoms with van der Waals surface area (Å²) < 4.78 is 4.79. The molecule has 0 heterocycles. The molecule has 0 spiro atoms. The van der Waals surface area contributed by atoms with Gasteiger partial charge in [0.1, 0.15) is 12.6 Å². The van der Waals surface area contributed by atoms with Gasteiger partial charge < -0.3 is 10.5 Å². The van der Waals surface area contributed by atoms with Crippen LogP contribution in [0.15, 0.2) is 12.7 Å². The molecule has 13 heavy (non-hydrogen) atoms. The maximum Gasteiger partial charge on any atom is 0.323 e. The topological polar surface area (TPSA) is 52.3 Å². The lowest BCUT2D eigenvalue weighted by Gasteiger charge is -2.15. The van der Waals surface area contributed by atoms with Crippen molar-refractivity contribution in [1.29, 1.82) is 0 Å². The maximum absolute atomic E-state index is 11.1. The highest BCUT2D eigenvalue weighted by atomic mass is 35.5. The summed E-state index contributed by atoms with van der Waals surface area (Å²) in [6.45, 7) is 7.60. The van der Waals surface area contributed by atoms with E-state index in [4.69, 9.17) is 10.5 Å². The van der Waals surface area contributed by atoms with Crippen molar-refractivity contribution in [1.82, 2.24) is 0 Å². The number of carbonyl (C=O) groups is 1. The zero-order valence-corrected chi connectivity index (χ0v) is 8.97. The molecule has 0 aliphatic heterocycles. The van der Waals surface area contributed by atoms with Crippen LogP contribution in [0.3, 0.4) is 0 Å². The Bertz CT molecular complexity index is 162. The van der Waals surface area contributed by atoms with Crippen molar-refractivity contribution in [3.63, 3.8) is 0 Å². The Morgan fingerprint density at radius 2 is 2.23 bits per heavy atom. The van der Waals surface area contributed by atoms with Gasteiger partial charge in [-0.25, -0.2) is 0 Å². The zero-order chi connectivity index (χ0) is 9.56. The van der Waals surface area contributed by atoms with Crippen LogP contribution in [0.25, 0.3) is 0 Å². The first kappa shape index (κ1) is 15.0. The highest BCUT2D eigenvalue weighted by Crippen LogP contribution is 2.06. The summed E-state index contributed by atoms with van der Waals surface area (Å²) in [6.07, 6.45) is 2.41. The van der Waals surface area contributed by atoms with E-state index >= 15 is 0 Å². The molecule has 0 saturated heterocycles. The van der Waals surface area contributed by atoms with Crippen molar-refractivity contribution in [3.05, 3.63) is 12.7 Å². The van der Waals surface area contributed by atoms with Gasteiger partial charge in [-0.15, -0.1) is 12.4 Å². The molecule has 0 aromatic rings. The lowest BCUT2D eigenvalue weighted by Crippen LogP contribution is -2.38. The summed E-state index contributed by atoms with van der Waals surface area (Å²) >= 11 is 0. The fourth-order valence-corrected chi connectivity index (χ4v) is 0.724. The van der Waals surface area contributed by atoms with Gasteiger partial charge in [-0.2, -0.15) is 0 Å². The van der Waals surface area contributed by atoms with E-state index in [-0.39, 0.29) is 30.9 Å². The highest BCUT2D eigenvalue weighted by molar-refractivity contribution is 5.85. The van der Waals surface area contributed by atoms with Crippen molar-refractivity contribution < 1.29 is 9.53 Å². The maximum atomic E-state index is 11.1. The lowest BCUT2D eigenvalue weighted by molar-refractivity contribution is -0.145. The van der Waals surface area contributed by atoms with Gasteiger partial charge in [-0.3, -0.25) is 4.79 Å². The van der Waals surface area contributed by atoms with Crippen LogP contribution < -0.4 is 5.73 Å². The van der Waals surface area contributed by atoms with Crippen molar-refractivity contribution in [2.45, 2.75) is 26.3 Å². The SMILES string of the molecule is C=CCOC(=O)[C@@H](N)[C@@H](C)CC.Cl. The Morgan fingerprint density at radius 3 is 2.62 bits per heavy atom. The van der Waals surface area contributed by atoms with E-state index in [1.54, 1.807) is 0 Å². The molecule has 0 aromatic heterocycles. The van der Waals surface area contributed by atoms with Gasteiger partial charge >= 0.3 is 5.97 Å². The minimum Gasteiger partial charge on any atom is -0.460 e. The molecule has 0 aliphatic carbocycles. The summed E-state index contributed by atoms with van der Waals surface area (Å²) in [5.41, 5.74) is 5.60. The second-order valence-corrected chi connectivity index (χ2v) is 2.83. The van der Waals surface area contributed by atoms with E-state index in [0.29, 0.717) is 0 Å². The van der Waals surface area contributed by atoms with Crippen LogP contribution in [-0.2, 0) is 9.53 Å². The molecule has 2 N–H and O–H groups in total. The normalized spacial score (nSPS) is 13.8. The van der Waals surface area contributed by atoms with Crippen LogP contribution in [0.2, 0.25) is 0 Å². The Hall–Kier alpha value is -0.540. The standard InChI is InChI=1S/C9H17NO2.ClH/c1-4-6-12-9(11)8(10)7(3)5-2;/h4,7-8H,1,5-6,10H2,2-3H3;1H/t7-,8-;/m0./s1. The molecule has 0 fully saturated rings. The average Bonchev–Trinajstić information content (AvgIpc) is 2.11. The molecule has 0 bridgehead atoms. The monoisotopic (exact) mass is 207 g/mol. The first-order valence-electron chi connectivity index (χ1n) is 4.16. The van der Waals surface area contributed by atoms with Gasteiger partial charge in [-0.1, -0.05) is 32.9 Å². The number of hydrogen-bond acceptors (Lipinski definition) is 3. The average molecular weight is 208 g/mol. The number of halogens is 1. The third-order valence-electron chi connectivity index (χ3n) is 1.87. The number of hydrogen-bond donors (Lipinski definition) is 1. The molecule has 0 aliphatic rings. The Labute approximate surface area is 85.7 Å². The molecular weight excluding hydrogens is 190 g/mol. The third kappa shape index (κ3) is 5.66. The molecule has 78 valence electrons. The van der Waals surface area contributed by atoms with Gasteiger partial charge in [0, 0.05) is 0 Å². The lowest BCUT2D eigenvalue weighted by atomic mass is 10.0.